The van der Waals surface area contributed by atoms with Crippen molar-refractivity contribution in [2.24, 2.45) is 0 Å². The van der Waals surface area contributed by atoms with Gasteiger partial charge in [0.2, 0.25) is 0 Å². The van der Waals surface area contributed by atoms with Gasteiger partial charge in [-0.15, -0.1) is 0 Å². The van der Waals surface area contributed by atoms with Crippen LogP contribution < -0.4 is 0 Å². The summed E-state index contributed by atoms with van der Waals surface area (Å²) in [6.45, 7) is 2.24. The van der Waals surface area contributed by atoms with Gasteiger partial charge in [0.05, 0.1) is 0 Å². The highest BCUT2D eigenvalue weighted by molar-refractivity contribution is 5.66. The zero-order chi connectivity index (χ0) is 16.3. The standard InChI is InChI=1S/C20H36O2/c1-2-3-4-5-6-7-8-9-10-11-12-13-14-15-16-17-18-19-20(21)22/h6-7,9-10H,2-5,8,11-19H2,1H3,(H,21,22)/b7-6+,10-9-. The van der Waals surface area contributed by atoms with Crippen LogP contribution in [0.15, 0.2) is 24.3 Å². The maximum absolute atomic E-state index is 10.3. The summed E-state index contributed by atoms with van der Waals surface area (Å²) in [4.78, 5) is 10.3. The van der Waals surface area contributed by atoms with E-state index in [0.717, 1.165) is 19.3 Å². The molecule has 0 amide bonds. The maximum atomic E-state index is 10.3. The Morgan fingerprint density at radius 3 is 1.77 bits per heavy atom. The number of rotatable bonds is 16. The van der Waals surface area contributed by atoms with Crippen molar-refractivity contribution in [3.05, 3.63) is 24.3 Å². The van der Waals surface area contributed by atoms with Gasteiger partial charge >= 0.3 is 5.97 Å². The van der Waals surface area contributed by atoms with Crippen molar-refractivity contribution in [3.8, 4) is 0 Å². The molecule has 0 bridgehead atoms. The molecule has 1 N–H and O–H groups in total. The Morgan fingerprint density at radius 1 is 0.727 bits per heavy atom. The Labute approximate surface area is 137 Å². The van der Waals surface area contributed by atoms with Gasteiger partial charge in [0.25, 0.3) is 0 Å². The van der Waals surface area contributed by atoms with Gasteiger partial charge in [-0.25, -0.2) is 0 Å². The molecule has 0 rings (SSSR count). The van der Waals surface area contributed by atoms with Gasteiger partial charge in [-0.2, -0.15) is 0 Å². The van der Waals surface area contributed by atoms with Crippen molar-refractivity contribution in [1.82, 2.24) is 0 Å². The van der Waals surface area contributed by atoms with Crippen molar-refractivity contribution < 1.29 is 9.90 Å². The van der Waals surface area contributed by atoms with Crippen LogP contribution in [0, 0.1) is 0 Å². The van der Waals surface area contributed by atoms with Crippen LogP contribution in [0.25, 0.3) is 0 Å². The van der Waals surface area contributed by atoms with Crippen LogP contribution >= 0.6 is 0 Å². The lowest BCUT2D eigenvalue weighted by Gasteiger charge is -2.00. The van der Waals surface area contributed by atoms with Crippen molar-refractivity contribution >= 4 is 5.97 Å². The number of carbonyl (C=O) groups is 1. The van der Waals surface area contributed by atoms with Gasteiger partial charge in [-0.1, -0.05) is 76.2 Å². The predicted molar refractivity (Wildman–Crippen MR) is 96.2 cm³/mol. The zero-order valence-corrected chi connectivity index (χ0v) is 14.6. The first-order valence-corrected chi connectivity index (χ1v) is 9.29. The molecular weight excluding hydrogens is 272 g/mol. The zero-order valence-electron chi connectivity index (χ0n) is 14.6. The molecule has 0 aromatic rings. The van der Waals surface area contributed by atoms with Gasteiger partial charge in [-0.05, 0) is 38.5 Å². The Kier molecular flexibility index (Phi) is 17.1. The lowest BCUT2D eigenvalue weighted by atomic mass is 10.1. The van der Waals surface area contributed by atoms with Crippen LogP contribution in [0.3, 0.4) is 0 Å². The second-order valence-electron chi connectivity index (χ2n) is 6.08. The van der Waals surface area contributed by atoms with E-state index in [9.17, 15) is 4.79 Å². The highest BCUT2D eigenvalue weighted by atomic mass is 16.4. The average Bonchev–Trinajstić information content (AvgIpc) is 2.50. The van der Waals surface area contributed by atoms with Crippen LogP contribution in [-0.2, 0) is 4.79 Å². The van der Waals surface area contributed by atoms with E-state index in [1.807, 2.05) is 0 Å². The smallest absolute Gasteiger partial charge is 0.303 e. The second kappa shape index (κ2) is 18.0. The van der Waals surface area contributed by atoms with E-state index in [-0.39, 0.29) is 0 Å². The molecule has 0 unspecified atom stereocenters. The fourth-order valence-electron chi connectivity index (χ4n) is 2.44. The minimum absolute atomic E-state index is 0.331. The van der Waals surface area contributed by atoms with Gasteiger partial charge < -0.3 is 5.11 Å². The molecule has 0 radical (unpaired) electrons. The normalized spacial score (nSPS) is 11.7. The van der Waals surface area contributed by atoms with Crippen molar-refractivity contribution in [3.63, 3.8) is 0 Å². The molecule has 0 saturated heterocycles. The molecule has 0 aromatic heterocycles. The number of hydrogen-bond acceptors (Lipinski definition) is 1. The monoisotopic (exact) mass is 308 g/mol. The van der Waals surface area contributed by atoms with Crippen LogP contribution in [0.4, 0.5) is 0 Å². The number of unbranched alkanes of at least 4 members (excludes halogenated alkanes) is 10. The number of allylic oxidation sites excluding steroid dienone is 4. The summed E-state index contributed by atoms with van der Waals surface area (Å²) in [6.07, 6.45) is 25.2. The first-order valence-electron chi connectivity index (χ1n) is 9.29. The summed E-state index contributed by atoms with van der Waals surface area (Å²) in [5, 5.41) is 8.53. The van der Waals surface area contributed by atoms with E-state index in [1.165, 1.54) is 64.2 Å². The van der Waals surface area contributed by atoms with Crippen LogP contribution in [0.1, 0.15) is 96.8 Å². The molecule has 128 valence electrons. The molecular formula is C20H36O2. The minimum Gasteiger partial charge on any atom is -0.481 e. The average molecular weight is 309 g/mol. The van der Waals surface area contributed by atoms with Crippen LogP contribution in [-0.4, -0.2) is 11.1 Å². The Morgan fingerprint density at radius 2 is 1.23 bits per heavy atom. The lowest BCUT2D eigenvalue weighted by Crippen LogP contribution is -1.93. The highest BCUT2D eigenvalue weighted by Crippen LogP contribution is 2.10. The first kappa shape index (κ1) is 20.9. The lowest BCUT2D eigenvalue weighted by molar-refractivity contribution is -0.137. The molecule has 2 heteroatoms. The molecule has 0 aliphatic rings. The largest absolute Gasteiger partial charge is 0.481 e. The van der Waals surface area contributed by atoms with E-state index < -0.39 is 5.97 Å². The molecule has 22 heavy (non-hydrogen) atoms. The molecule has 0 aliphatic heterocycles. The summed E-state index contributed by atoms with van der Waals surface area (Å²) >= 11 is 0. The minimum atomic E-state index is -0.664. The fraction of sp³-hybridized carbons (Fsp3) is 0.750. The van der Waals surface area contributed by atoms with E-state index >= 15 is 0 Å². The van der Waals surface area contributed by atoms with Gasteiger partial charge in [0.1, 0.15) is 0 Å². The number of carboxylic acids is 1. The predicted octanol–water partition coefficient (Wildman–Crippen LogP) is 6.66. The van der Waals surface area contributed by atoms with E-state index in [2.05, 4.69) is 31.2 Å². The molecule has 0 fully saturated rings. The summed E-state index contributed by atoms with van der Waals surface area (Å²) in [6, 6.07) is 0. The number of carboxylic acid groups (broad SMARTS) is 1. The molecule has 0 spiro atoms. The summed E-state index contributed by atoms with van der Waals surface area (Å²) in [5.41, 5.74) is 0. The highest BCUT2D eigenvalue weighted by Gasteiger charge is 1.96. The number of aliphatic carboxylic acids is 1. The Balaban J connectivity index is 3.15. The van der Waals surface area contributed by atoms with Crippen molar-refractivity contribution in [1.29, 1.82) is 0 Å². The Bertz CT molecular complexity index is 292. The topological polar surface area (TPSA) is 37.3 Å². The van der Waals surface area contributed by atoms with E-state index in [4.69, 9.17) is 5.11 Å². The van der Waals surface area contributed by atoms with Crippen LogP contribution in [0.5, 0.6) is 0 Å². The molecule has 0 heterocycles. The Hall–Kier alpha value is -1.05. The van der Waals surface area contributed by atoms with Gasteiger partial charge in [0, 0.05) is 6.42 Å². The molecule has 0 atom stereocenters. The van der Waals surface area contributed by atoms with Crippen molar-refractivity contribution in [2.75, 3.05) is 0 Å². The maximum Gasteiger partial charge on any atom is 0.303 e. The summed E-state index contributed by atoms with van der Waals surface area (Å²) < 4.78 is 0. The van der Waals surface area contributed by atoms with E-state index in [1.54, 1.807) is 0 Å². The summed E-state index contributed by atoms with van der Waals surface area (Å²) in [7, 11) is 0. The summed E-state index contributed by atoms with van der Waals surface area (Å²) in [5.74, 6) is -0.664. The molecule has 0 saturated carbocycles. The number of hydrogen-bond donors (Lipinski definition) is 1. The van der Waals surface area contributed by atoms with Gasteiger partial charge in [0.15, 0.2) is 0 Å². The van der Waals surface area contributed by atoms with Crippen molar-refractivity contribution in [2.45, 2.75) is 96.8 Å². The third-order valence-corrected chi connectivity index (χ3v) is 3.84. The third-order valence-electron chi connectivity index (χ3n) is 3.84. The second-order valence-corrected chi connectivity index (χ2v) is 6.08. The van der Waals surface area contributed by atoms with Gasteiger partial charge in [-0.3, -0.25) is 4.79 Å². The first-order chi connectivity index (χ1) is 10.8. The molecule has 0 aliphatic carbocycles. The van der Waals surface area contributed by atoms with E-state index in [0.29, 0.717) is 6.42 Å². The fourth-order valence-corrected chi connectivity index (χ4v) is 2.44. The molecule has 0 aromatic carbocycles. The quantitative estimate of drug-likeness (QED) is 0.255. The SMILES string of the molecule is CCCCC/C=C/C/C=C\CCCCCCCCCC(=O)O. The third kappa shape index (κ3) is 18.9. The van der Waals surface area contributed by atoms with Crippen LogP contribution in [0.2, 0.25) is 0 Å². The molecule has 2 nitrogen and oxygen atoms in total.